The van der Waals surface area contributed by atoms with Crippen LogP contribution < -0.4 is 0 Å². The van der Waals surface area contributed by atoms with Gasteiger partial charge in [-0.15, -0.1) is 0 Å². The van der Waals surface area contributed by atoms with Crippen LogP contribution in [0.15, 0.2) is 91.0 Å². The monoisotopic (exact) mass is 537 g/mol. The number of carbonyl (C=O) groups excluding carboxylic acids is 1. The van der Waals surface area contributed by atoms with Crippen LogP contribution in [0, 0.1) is 0 Å². The first kappa shape index (κ1) is 25.8. The van der Waals surface area contributed by atoms with Crippen LogP contribution in [0.1, 0.15) is 40.0 Å². The number of carbonyl (C=O) groups is 1. The maximum atomic E-state index is 12.9. The number of hydrogen-bond donors (Lipinski definition) is 0. The molecule has 6 aromatic rings. The van der Waals surface area contributed by atoms with Crippen LogP contribution in [0.4, 0.5) is 13.2 Å². The van der Waals surface area contributed by atoms with E-state index in [-0.39, 0.29) is 0 Å². The number of rotatable bonds is 1. The molecule has 0 fully saturated rings. The molecule has 1 heterocycles. The smallest absolute Gasteiger partial charge is 0.416 e. The van der Waals surface area contributed by atoms with Crippen LogP contribution in [-0.2, 0) is 23.8 Å². The van der Waals surface area contributed by atoms with E-state index in [1.807, 2.05) is 60.7 Å². The van der Waals surface area contributed by atoms with Gasteiger partial charge in [-0.25, -0.2) is 9.78 Å². The van der Waals surface area contributed by atoms with Gasteiger partial charge in [0.15, 0.2) is 5.69 Å². The molecular weight excluding hydrogens is 511 g/mol. The topological polar surface area (TPSA) is 39.2 Å². The van der Waals surface area contributed by atoms with E-state index in [2.05, 4.69) is 17.1 Å². The molecule has 0 saturated carbocycles. The van der Waals surface area contributed by atoms with Crippen molar-refractivity contribution < 1.29 is 22.7 Å². The van der Waals surface area contributed by atoms with E-state index in [9.17, 15) is 18.0 Å². The molecule has 200 valence electrons. The van der Waals surface area contributed by atoms with Crippen LogP contribution in [0.5, 0.6) is 0 Å². The van der Waals surface area contributed by atoms with Crippen molar-refractivity contribution in [3.05, 3.63) is 113 Å². The van der Waals surface area contributed by atoms with E-state index >= 15 is 0 Å². The summed E-state index contributed by atoms with van der Waals surface area (Å²) in [6.45, 7) is 0. The van der Waals surface area contributed by atoms with E-state index in [0.29, 0.717) is 11.1 Å². The van der Waals surface area contributed by atoms with Crippen molar-refractivity contribution in [3.63, 3.8) is 0 Å². The number of benzene rings is 5. The Labute approximate surface area is 229 Å². The lowest BCUT2D eigenvalue weighted by molar-refractivity contribution is -0.137. The van der Waals surface area contributed by atoms with Crippen molar-refractivity contribution in [1.29, 1.82) is 0 Å². The van der Waals surface area contributed by atoms with Crippen molar-refractivity contribution in [2.24, 2.45) is 0 Å². The van der Waals surface area contributed by atoms with Crippen molar-refractivity contribution in [1.82, 2.24) is 4.98 Å². The average Bonchev–Trinajstić information content (AvgIpc) is 2.99. The van der Waals surface area contributed by atoms with Gasteiger partial charge in [0.05, 0.1) is 18.2 Å². The highest BCUT2D eigenvalue weighted by Crippen LogP contribution is 2.36. The molecule has 1 aliphatic carbocycles. The highest BCUT2D eigenvalue weighted by atomic mass is 19.4. The van der Waals surface area contributed by atoms with Gasteiger partial charge in [0.1, 0.15) is 0 Å². The predicted molar refractivity (Wildman–Crippen MR) is 154 cm³/mol. The number of nitrogens with zero attached hydrogens (tertiary/aromatic N) is 1. The number of methoxy groups -OCH3 is 1. The highest BCUT2D eigenvalue weighted by Gasteiger charge is 2.30. The molecule has 0 radical (unpaired) electrons. The minimum atomic E-state index is -4.29. The minimum Gasteiger partial charge on any atom is -0.464 e. The second kappa shape index (κ2) is 10.3. The summed E-state index contributed by atoms with van der Waals surface area (Å²) in [5.41, 5.74) is 3.36. The van der Waals surface area contributed by atoms with E-state index in [1.165, 1.54) is 48.6 Å². The SMILES string of the molecule is COC(=O)c1nc2ccccc2c2ccccc12.FC(F)(F)c1ccc2c(ccc3c4c(ccc32)CCCC4)c1. The zero-order valence-electron chi connectivity index (χ0n) is 21.9. The average molecular weight is 538 g/mol. The molecule has 0 aliphatic heterocycles. The number of ether oxygens (including phenoxy) is 1. The van der Waals surface area contributed by atoms with Crippen molar-refractivity contribution in [3.8, 4) is 0 Å². The van der Waals surface area contributed by atoms with Gasteiger partial charge in [0.25, 0.3) is 0 Å². The van der Waals surface area contributed by atoms with Crippen LogP contribution in [0.3, 0.4) is 0 Å². The Kier molecular flexibility index (Phi) is 6.62. The fourth-order valence-corrected chi connectivity index (χ4v) is 5.73. The molecule has 1 aliphatic rings. The molecule has 0 saturated heterocycles. The van der Waals surface area contributed by atoms with Gasteiger partial charge in [-0.1, -0.05) is 72.8 Å². The summed E-state index contributed by atoms with van der Waals surface area (Å²) >= 11 is 0. The number of fused-ring (bicyclic) bond motifs is 8. The second-order valence-electron chi connectivity index (χ2n) is 10.0. The van der Waals surface area contributed by atoms with Crippen LogP contribution >= 0.6 is 0 Å². The maximum Gasteiger partial charge on any atom is 0.416 e. The normalized spacial score (nSPS) is 13.2. The quantitative estimate of drug-likeness (QED) is 0.155. The summed E-state index contributed by atoms with van der Waals surface area (Å²) in [4.78, 5) is 16.2. The lowest BCUT2D eigenvalue weighted by Crippen LogP contribution is -2.05. The predicted octanol–water partition coefficient (Wildman–Crippen LogP) is 9.07. The summed E-state index contributed by atoms with van der Waals surface area (Å²) < 4.78 is 43.4. The molecule has 1 aromatic heterocycles. The minimum absolute atomic E-state index is 0.367. The maximum absolute atomic E-state index is 12.9. The van der Waals surface area contributed by atoms with Gasteiger partial charge in [0, 0.05) is 10.8 Å². The Morgan fingerprint density at radius 2 is 1.38 bits per heavy atom. The zero-order chi connectivity index (χ0) is 27.9. The van der Waals surface area contributed by atoms with E-state index in [4.69, 9.17) is 4.74 Å². The summed E-state index contributed by atoms with van der Waals surface area (Å²) in [6, 6.07) is 27.6. The molecular formula is C34H26F3NO2. The lowest BCUT2D eigenvalue weighted by Gasteiger charge is -2.19. The molecule has 40 heavy (non-hydrogen) atoms. The number of aryl methyl sites for hydroxylation is 2. The first-order valence-corrected chi connectivity index (χ1v) is 13.3. The Bertz CT molecular complexity index is 1910. The molecule has 5 aromatic carbocycles. The van der Waals surface area contributed by atoms with Gasteiger partial charge in [0.2, 0.25) is 0 Å². The first-order valence-electron chi connectivity index (χ1n) is 13.3. The molecule has 0 amide bonds. The summed E-state index contributed by atoms with van der Waals surface area (Å²) in [5.74, 6) is -0.406. The van der Waals surface area contributed by atoms with Crippen molar-refractivity contribution in [2.75, 3.05) is 7.11 Å². The summed E-state index contributed by atoms with van der Waals surface area (Å²) in [7, 11) is 1.37. The third-order valence-electron chi connectivity index (χ3n) is 7.66. The van der Waals surface area contributed by atoms with Gasteiger partial charge in [-0.05, 0) is 81.9 Å². The van der Waals surface area contributed by atoms with Crippen molar-refractivity contribution in [2.45, 2.75) is 31.9 Å². The number of aromatic nitrogens is 1. The van der Waals surface area contributed by atoms with Crippen LogP contribution in [0.25, 0.3) is 43.2 Å². The Balaban J connectivity index is 0.000000148. The van der Waals surface area contributed by atoms with Gasteiger partial charge in [-0.3, -0.25) is 0 Å². The first-order chi connectivity index (χ1) is 19.3. The van der Waals surface area contributed by atoms with E-state index < -0.39 is 17.7 Å². The molecule has 3 nitrogen and oxygen atoms in total. The second-order valence-corrected chi connectivity index (χ2v) is 10.0. The zero-order valence-corrected chi connectivity index (χ0v) is 21.9. The molecule has 7 rings (SSSR count). The number of halogens is 3. The largest absolute Gasteiger partial charge is 0.464 e. The number of hydrogen-bond acceptors (Lipinski definition) is 3. The molecule has 0 atom stereocenters. The molecule has 0 N–H and O–H groups in total. The lowest BCUT2D eigenvalue weighted by atomic mass is 9.86. The number of para-hydroxylation sites is 1. The molecule has 0 unspecified atom stereocenters. The third kappa shape index (κ3) is 4.64. The van der Waals surface area contributed by atoms with Crippen LogP contribution in [0.2, 0.25) is 0 Å². The van der Waals surface area contributed by atoms with E-state index in [1.54, 1.807) is 6.07 Å². The highest BCUT2D eigenvalue weighted by molar-refractivity contribution is 6.13. The van der Waals surface area contributed by atoms with Gasteiger partial charge < -0.3 is 4.74 Å². The Morgan fingerprint density at radius 3 is 2.15 bits per heavy atom. The number of alkyl halides is 3. The van der Waals surface area contributed by atoms with E-state index in [0.717, 1.165) is 45.3 Å². The Hall–Kier alpha value is -4.45. The Morgan fingerprint density at radius 1 is 0.725 bits per heavy atom. The fraction of sp³-hybridized carbons (Fsp3) is 0.176. The summed E-state index contributed by atoms with van der Waals surface area (Å²) in [5, 5.41) is 6.69. The summed E-state index contributed by atoms with van der Waals surface area (Å²) in [6.07, 6.45) is 0.298. The number of esters is 1. The molecule has 0 bridgehead atoms. The fourth-order valence-electron chi connectivity index (χ4n) is 5.73. The van der Waals surface area contributed by atoms with Gasteiger partial charge in [-0.2, -0.15) is 13.2 Å². The number of pyridine rings is 1. The van der Waals surface area contributed by atoms with Crippen molar-refractivity contribution >= 4 is 49.2 Å². The standard InChI is InChI=1S/C19H15F3.C15H11NO2/c20-19(21,22)14-7-10-16-13(11-14)6-9-17-15-4-2-1-3-12(15)5-8-18(16)17;1-18-15(17)14-12-8-3-2-6-10(12)11-7-4-5-9-13(11)16-14/h5-11H,1-4H2;2-9H,1H3. The molecule has 0 spiro atoms. The molecule has 6 heteroatoms. The van der Waals surface area contributed by atoms with Crippen LogP contribution in [-0.4, -0.2) is 18.1 Å². The third-order valence-corrected chi connectivity index (χ3v) is 7.66. The van der Waals surface area contributed by atoms with Gasteiger partial charge >= 0.3 is 12.1 Å².